The Morgan fingerprint density at radius 2 is 1.85 bits per heavy atom. The lowest BCUT2D eigenvalue weighted by Crippen LogP contribution is -2.35. The molecule has 0 aliphatic rings. The van der Waals surface area contributed by atoms with Crippen LogP contribution in [0.3, 0.4) is 0 Å². The minimum absolute atomic E-state index is 0.0244. The second-order valence-corrected chi connectivity index (χ2v) is 4.22. The molecule has 1 aromatic carbocycles. The third-order valence-corrected chi connectivity index (χ3v) is 2.82. The topological polar surface area (TPSA) is 59.0 Å². The van der Waals surface area contributed by atoms with Gasteiger partial charge in [-0.2, -0.15) is 0 Å². The number of nitrogens with zero attached hydrogens (tertiary/aromatic N) is 1. The summed E-state index contributed by atoms with van der Waals surface area (Å²) in [4.78, 5) is 13.7. The molecule has 0 atom stereocenters. The minimum atomic E-state index is -0.0905. The fourth-order valence-corrected chi connectivity index (χ4v) is 1.80. The van der Waals surface area contributed by atoms with Gasteiger partial charge in [0.05, 0.1) is 6.61 Å². The van der Waals surface area contributed by atoms with Crippen molar-refractivity contribution in [2.75, 3.05) is 32.9 Å². The first-order valence-corrected chi connectivity index (χ1v) is 6.96. The maximum absolute atomic E-state index is 12.0. The summed E-state index contributed by atoms with van der Waals surface area (Å²) in [7, 11) is 0. The van der Waals surface area contributed by atoms with Crippen molar-refractivity contribution in [1.29, 1.82) is 0 Å². The molecule has 0 heterocycles. The van der Waals surface area contributed by atoms with Gasteiger partial charge < -0.3 is 19.5 Å². The predicted molar refractivity (Wildman–Crippen MR) is 77.1 cm³/mol. The summed E-state index contributed by atoms with van der Waals surface area (Å²) in [6.45, 7) is 5.56. The Balaban J connectivity index is 2.55. The average molecular weight is 281 g/mol. The number of amides is 1. The zero-order valence-electron chi connectivity index (χ0n) is 12.2. The van der Waals surface area contributed by atoms with E-state index in [1.54, 1.807) is 11.0 Å². The molecule has 0 aliphatic heterocycles. The SMILES string of the molecule is CCOc1ccccc1OCC(=O)N(CC)CCCO. The van der Waals surface area contributed by atoms with Crippen LogP contribution >= 0.6 is 0 Å². The van der Waals surface area contributed by atoms with Crippen molar-refractivity contribution in [3.05, 3.63) is 24.3 Å². The van der Waals surface area contributed by atoms with Gasteiger partial charge in [-0.15, -0.1) is 0 Å². The van der Waals surface area contributed by atoms with Crippen molar-refractivity contribution >= 4 is 5.91 Å². The summed E-state index contributed by atoms with van der Waals surface area (Å²) in [5.74, 6) is 1.12. The number of ether oxygens (including phenoxy) is 2. The first-order valence-electron chi connectivity index (χ1n) is 6.96. The molecule has 5 heteroatoms. The van der Waals surface area contributed by atoms with Crippen molar-refractivity contribution in [1.82, 2.24) is 4.90 Å². The molecule has 1 rings (SSSR count). The van der Waals surface area contributed by atoms with Crippen LogP contribution in [0.5, 0.6) is 11.5 Å². The molecular formula is C15H23NO4. The number of benzene rings is 1. The third kappa shape index (κ3) is 5.09. The molecule has 1 N–H and O–H groups in total. The highest BCUT2D eigenvalue weighted by Gasteiger charge is 2.13. The summed E-state index contributed by atoms with van der Waals surface area (Å²) >= 11 is 0. The lowest BCUT2D eigenvalue weighted by molar-refractivity contribution is -0.133. The summed E-state index contributed by atoms with van der Waals surface area (Å²) < 4.78 is 11.0. The van der Waals surface area contributed by atoms with E-state index in [-0.39, 0.29) is 19.1 Å². The number of carbonyl (C=O) groups excluding carboxylic acids is 1. The van der Waals surface area contributed by atoms with E-state index in [2.05, 4.69) is 0 Å². The van der Waals surface area contributed by atoms with Gasteiger partial charge in [-0.1, -0.05) is 12.1 Å². The van der Waals surface area contributed by atoms with E-state index in [0.717, 1.165) is 0 Å². The summed E-state index contributed by atoms with van der Waals surface area (Å²) in [6.07, 6.45) is 0.578. The van der Waals surface area contributed by atoms with Crippen LogP contribution in [0, 0.1) is 0 Å². The van der Waals surface area contributed by atoms with Gasteiger partial charge >= 0.3 is 0 Å². The van der Waals surface area contributed by atoms with Crippen LogP contribution in [-0.2, 0) is 4.79 Å². The molecule has 0 bridgehead atoms. The number of rotatable bonds is 9. The molecule has 0 spiro atoms. The number of para-hydroxylation sites is 2. The smallest absolute Gasteiger partial charge is 0.260 e. The first-order chi connectivity index (χ1) is 9.72. The van der Waals surface area contributed by atoms with Crippen molar-refractivity contribution in [3.8, 4) is 11.5 Å². The van der Waals surface area contributed by atoms with Gasteiger partial charge in [0.25, 0.3) is 5.91 Å². The van der Waals surface area contributed by atoms with Crippen LogP contribution in [0.15, 0.2) is 24.3 Å². The Morgan fingerprint density at radius 1 is 1.20 bits per heavy atom. The van der Waals surface area contributed by atoms with Crippen molar-refractivity contribution in [2.24, 2.45) is 0 Å². The molecule has 0 fully saturated rings. The third-order valence-electron chi connectivity index (χ3n) is 2.82. The fourth-order valence-electron chi connectivity index (χ4n) is 1.80. The van der Waals surface area contributed by atoms with Crippen molar-refractivity contribution in [3.63, 3.8) is 0 Å². The van der Waals surface area contributed by atoms with E-state index in [0.29, 0.717) is 37.6 Å². The highest BCUT2D eigenvalue weighted by atomic mass is 16.5. The zero-order chi connectivity index (χ0) is 14.8. The van der Waals surface area contributed by atoms with E-state index in [4.69, 9.17) is 14.6 Å². The zero-order valence-corrected chi connectivity index (χ0v) is 12.2. The lowest BCUT2D eigenvalue weighted by atomic mass is 10.3. The van der Waals surface area contributed by atoms with E-state index in [1.807, 2.05) is 32.0 Å². The second kappa shape index (κ2) is 9.20. The number of likely N-dealkylation sites (N-methyl/N-ethyl adjacent to an activating group) is 1. The molecule has 1 aromatic rings. The number of carbonyl (C=O) groups is 1. The van der Waals surface area contributed by atoms with Crippen LogP contribution in [-0.4, -0.2) is 48.8 Å². The molecule has 112 valence electrons. The Kier molecular flexibility index (Phi) is 7.50. The Labute approximate surface area is 120 Å². The Morgan fingerprint density at radius 3 is 2.40 bits per heavy atom. The summed E-state index contributed by atoms with van der Waals surface area (Å²) in [5.41, 5.74) is 0. The number of hydrogen-bond donors (Lipinski definition) is 1. The molecular weight excluding hydrogens is 258 g/mol. The van der Waals surface area contributed by atoms with E-state index in [9.17, 15) is 4.79 Å². The van der Waals surface area contributed by atoms with Gasteiger partial charge in [0.2, 0.25) is 0 Å². The fraction of sp³-hybridized carbons (Fsp3) is 0.533. The van der Waals surface area contributed by atoms with Gasteiger partial charge in [0.1, 0.15) is 0 Å². The number of aliphatic hydroxyl groups excluding tert-OH is 1. The standard InChI is InChI=1S/C15H23NO4/c1-3-16(10-7-11-17)15(18)12-20-14-9-6-5-8-13(14)19-4-2/h5-6,8-9,17H,3-4,7,10-12H2,1-2H3. The van der Waals surface area contributed by atoms with Crippen LogP contribution < -0.4 is 9.47 Å². The second-order valence-electron chi connectivity index (χ2n) is 4.22. The Hall–Kier alpha value is -1.75. The maximum Gasteiger partial charge on any atom is 0.260 e. The molecule has 0 aliphatic carbocycles. The molecule has 0 saturated carbocycles. The van der Waals surface area contributed by atoms with Crippen LogP contribution in [0.25, 0.3) is 0 Å². The van der Waals surface area contributed by atoms with Gasteiger partial charge in [0.15, 0.2) is 18.1 Å². The van der Waals surface area contributed by atoms with E-state index < -0.39 is 0 Å². The predicted octanol–water partition coefficient (Wildman–Crippen LogP) is 1.69. The van der Waals surface area contributed by atoms with E-state index in [1.165, 1.54) is 0 Å². The van der Waals surface area contributed by atoms with Gasteiger partial charge in [-0.05, 0) is 32.4 Å². The van der Waals surface area contributed by atoms with Gasteiger partial charge in [-0.3, -0.25) is 4.79 Å². The molecule has 0 aromatic heterocycles. The maximum atomic E-state index is 12.0. The van der Waals surface area contributed by atoms with Gasteiger partial charge in [-0.25, -0.2) is 0 Å². The molecule has 0 unspecified atom stereocenters. The van der Waals surface area contributed by atoms with Gasteiger partial charge in [0, 0.05) is 19.7 Å². The quantitative estimate of drug-likeness (QED) is 0.748. The molecule has 0 saturated heterocycles. The summed E-state index contributed by atoms with van der Waals surface area (Å²) in [5, 5.41) is 8.81. The lowest BCUT2D eigenvalue weighted by Gasteiger charge is -2.21. The van der Waals surface area contributed by atoms with Crippen molar-refractivity contribution < 1.29 is 19.4 Å². The Bertz CT molecular complexity index is 409. The highest BCUT2D eigenvalue weighted by Crippen LogP contribution is 2.26. The molecule has 0 radical (unpaired) electrons. The molecule has 5 nitrogen and oxygen atoms in total. The first kappa shape index (κ1) is 16.3. The minimum Gasteiger partial charge on any atom is -0.490 e. The van der Waals surface area contributed by atoms with Crippen molar-refractivity contribution in [2.45, 2.75) is 20.3 Å². The van der Waals surface area contributed by atoms with Crippen LogP contribution in [0.1, 0.15) is 20.3 Å². The van der Waals surface area contributed by atoms with Crippen LogP contribution in [0.4, 0.5) is 0 Å². The average Bonchev–Trinajstić information content (AvgIpc) is 2.47. The largest absolute Gasteiger partial charge is 0.490 e. The van der Waals surface area contributed by atoms with E-state index >= 15 is 0 Å². The highest BCUT2D eigenvalue weighted by molar-refractivity contribution is 5.77. The number of aliphatic hydroxyl groups is 1. The molecule has 20 heavy (non-hydrogen) atoms. The normalized spacial score (nSPS) is 10.2. The molecule has 1 amide bonds. The van der Waals surface area contributed by atoms with Crippen LogP contribution in [0.2, 0.25) is 0 Å². The monoisotopic (exact) mass is 281 g/mol. The number of hydrogen-bond acceptors (Lipinski definition) is 4. The summed E-state index contributed by atoms with van der Waals surface area (Å²) in [6, 6.07) is 7.29.